The number of aliphatic hydroxyl groups is 1. The molecule has 1 unspecified atom stereocenters. The molecule has 0 aromatic heterocycles. The van der Waals surface area contributed by atoms with E-state index in [9.17, 15) is 5.11 Å². The maximum absolute atomic E-state index is 10.3. The lowest BCUT2D eigenvalue weighted by Crippen LogP contribution is -2.38. The van der Waals surface area contributed by atoms with Crippen molar-refractivity contribution >= 4 is 11.8 Å². The molecule has 2 heteroatoms. The number of hydrogen-bond donors (Lipinski definition) is 1. The zero-order valence-electron chi connectivity index (χ0n) is 9.75. The first-order chi connectivity index (χ1) is 6.58. The van der Waals surface area contributed by atoms with Gasteiger partial charge in [0.2, 0.25) is 0 Å². The van der Waals surface area contributed by atoms with E-state index in [1.54, 1.807) is 11.8 Å². The summed E-state index contributed by atoms with van der Waals surface area (Å²) in [5.41, 5.74) is 0. The molecule has 0 spiro atoms. The van der Waals surface area contributed by atoms with Crippen molar-refractivity contribution in [1.82, 2.24) is 0 Å². The highest BCUT2D eigenvalue weighted by atomic mass is 32.2. The Balaban J connectivity index is 2.53. The summed E-state index contributed by atoms with van der Waals surface area (Å²) in [4.78, 5) is 0. The van der Waals surface area contributed by atoms with E-state index >= 15 is 0 Å². The van der Waals surface area contributed by atoms with Crippen molar-refractivity contribution in [2.75, 3.05) is 6.26 Å². The minimum absolute atomic E-state index is 0.0228. The Morgan fingerprint density at radius 1 is 1.14 bits per heavy atom. The van der Waals surface area contributed by atoms with E-state index < -0.39 is 0 Å². The lowest BCUT2D eigenvalue weighted by molar-refractivity contribution is 0.0715. The summed E-state index contributed by atoms with van der Waals surface area (Å²) in [6.07, 6.45) is 9.77. The second kappa shape index (κ2) is 5.41. The lowest BCUT2D eigenvalue weighted by Gasteiger charge is -2.34. The molecule has 1 atom stereocenters. The maximum atomic E-state index is 10.3. The molecule has 1 nitrogen and oxygen atoms in total. The highest BCUT2D eigenvalue weighted by Gasteiger charge is 2.33. The Morgan fingerprint density at radius 3 is 2.07 bits per heavy atom. The van der Waals surface area contributed by atoms with Crippen LogP contribution in [0.1, 0.15) is 52.4 Å². The standard InChI is InChI=1S/C12H24OS/c1-12(2,14-3)11(13)10-8-6-4-5-7-9-10/h10-11,13H,4-9H2,1-3H3. The summed E-state index contributed by atoms with van der Waals surface area (Å²) in [5.74, 6) is 0.542. The average molecular weight is 216 g/mol. The monoisotopic (exact) mass is 216 g/mol. The van der Waals surface area contributed by atoms with Crippen molar-refractivity contribution in [3.8, 4) is 0 Å². The fraction of sp³-hybridized carbons (Fsp3) is 1.00. The van der Waals surface area contributed by atoms with Gasteiger partial charge in [0.05, 0.1) is 6.10 Å². The Hall–Kier alpha value is 0.310. The van der Waals surface area contributed by atoms with Crippen molar-refractivity contribution in [3.63, 3.8) is 0 Å². The molecule has 1 fully saturated rings. The summed E-state index contributed by atoms with van der Waals surface area (Å²) < 4.78 is 0.0228. The molecule has 0 amide bonds. The second-order valence-electron chi connectivity index (χ2n) is 5.00. The van der Waals surface area contributed by atoms with Gasteiger partial charge in [-0.15, -0.1) is 0 Å². The van der Waals surface area contributed by atoms with Gasteiger partial charge in [-0.3, -0.25) is 0 Å². The SMILES string of the molecule is CSC(C)(C)C(O)C1CCCCCC1. The summed E-state index contributed by atoms with van der Waals surface area (Å²) in [6.45, 7) is 4.32. The van der Waals surface area contributed by atoms with Crippen LogP contribution < -0.4 is 0 Å². The number of hydrogen-bond acceptors (Lipinski definition) is 2. The van der Waals surface area contributed by atoms with Crippen LogP contribution >= 0.6 is 11.8 Å². The van der Waals surface area contributed by atoms with Crippen molar-refractivity contribution in [2.45, 2.75) is 63.2 Å². The molecule has 0 aromatic rings. The molecule has 1 saturated carbocycles. The van der Waals surface area contributed by atoms with Crippen molar-refractivity contribution < 1.29 is 5.11 Å². The number of rotatable bonds is 3. The molecule has 1 aliphatic carbocycles. The maximum Gasteiger partial charge on any atom is 0.0709 e. The number of thioether (sulfide) groups is 1. The highest BCUT2D eigenvalue weighted by molar-refractivity contribution is 8.00. The van der Waals surface area contributed by atoms with Gasteiger partial charge in [-0.2, -0.15) is 11.8 Å². The molecule has 0 bridgehead atoms. The summed E-state index contributed by atoms with van der Waals surface area (Å²) in [5, 5.41) is 10.3. The molecule has 0 radical (unpaired) electrons. The zero-order chi connectivity index (χ0) is 10.6. The average Bonchev–Trinajstić information content (AvgIpc) is 2.44. The first kappa shape index (κ1) is 12.4. The lowest BCUT2D eigenvalue weighted by atomic mass is 9.87. The quantitative estimate of drug-likeness (QED) is 0.729. The van der Waals surface area contributed by atoms with E-state index in [-0.39, 0.29) is 10.9 Å². The van der Waals surface area contributed by atoms with Gasteiger partial charge in [0.15, 0.2) is 0 Å². The van der Waals surface area contributed by atoms with Crippen LogP contribution in [0.3, 0.4) is 0 Å². The Labute approximate surface area is 92.7 Å². The van der Waals surface area contributed by atoms with Crippen molar-refractivity contribution in [1.29, 1.82) is 0 Å². The molecule has 14 heavy (non-hydrogen) atoms. The predicted octanol–water partition coefficient (Wildman–Crippen LogP) is 3.46. The smallest absolute Gasteiger partial charge is 0.0709 e. The van der Waals surface area contributed by atoms with Crippen LogP contribution in [0, 0.1) is 5.92 Å². The van der Waals surface area contributed by atoms with Crippen LogP contribution in [-0.2, 0) is 0 Å². The van der Waals surface area contributed by atoms with Gasteiger partial charge in [0, 0.05) is 4.75 Å². The van der Waals surface area contributed by atoms with Crippen LogP contribution in [0.25, 0.3) is 0 Å². The molecule has 0 saturated heterocycles. The van der Waals surface area contributed by atoms with Crippen molar-refractivity contribution in [2.24, 2.45) is 5.92 Å². The first-order valence-corrected chi connectivity index (χ1v) is 7.03. The van der Waals surface area contributed by atoms with Gasteiger partial charge in [0.25, 0.3) is 0 Å². The van der Waals surface area contributed by atoms with Gasteiger partial charge < -0.3 is 5.11 Å². The third-order valence-electron chi connectivity index (χ3n) is 3.58. The molecule has 84 valence electrons. The summed E-state index contributed by atoms with van der Waals surface area (Å²) in [7, 11) is 0. The largest absolute Gasteiger partial charge is 0.391 e. The van der Waals surface area contributed by atoms with Gasteiger partial charge >= 0.3 is 0 Å². The van der Waals surface area contributed by atoms with Gasteiger partial charge in [-0.05, 0) is 38.9 Å². The molecule has 1 rings (SSSR count). The molecular formula is C12H24OS. The van der Waals surface area contributed by atoms with Gasteiger partial charge in [-0.1, -0.05) is 25.7 Å². The van der Waals surface area contributed by atoms with E-state index in [0.29, 0.717) is 5.92 Å². The zero-order valence-corrected chi connectivity index (χ0v) is 10.6. The van der Waals surface area contributed by atoms with Gasteiger partial charge in [-0.25, -0.2) is 0 Å². The van der Waals surface area contributed by atoms with Crippen molar-refractivity contribution in [3.05, 3.63) is 0 Å². The normalized spacial score (nSPS) is 23.1. The summed E-state index contributed by atoms with van der Waals surface area (Å²) >= 11 is 1.79. The third kappa shape index (κ3) is 3.16. The fourth-order valence-electron chi connectivity index (χ4n) is 2.32. The molecule has 1 N–H and O–H groups in total. The van der Waals surface area contributed by atoms with Gasteiger partial charge in [0.1, 0.15) is 0 Å². The first-order valence-electron chi connectivity index (χ1n) is 5.81. The predicted molar refractivity (Wildman–Crippen MR) is 64.8 cm³/mol. The molecule has 0 heterocycles. The Kier molecular flexibility index (Phi) is 4.78. The van der Waals surface area contributed by atoms with Crippen LogP contribution in [0.2, 0.25) is 0 Å². The number of aliphatic hydroxyl groups excluding tert-OH is 1. The molecule has 0 aliphatic heterocycles. The molecule has 0 aromatic carbocycles. The highest BCUT2D eigenvalue weighted by Crippen LogP contribution is 2.35. The summed E-state index contributed by atoms with van der Waals surface area (Å²) in [6, 6.07) is 0. The van der Waals surface area contributed by atoms with E-state index in [0.717, 1.165) is 0 Å². The van der Waals surface area contributed by atoms with Crippen LogP contribution in [-0.4, -0.2) is 22.2 Å². The Bertz CT molecular complexity index is 160. The molecular weight excluding hydrogens is 192 g/mol. The van der Waals surface area contributed by atoms with E-state index in [1.165, 1.54) is 38.5 Å². The van der Waals surface area contributed by atoms with E-state index in [2.05, 4.69) is 20.1 Å². The fourth-order valence-corrected chi connectivity index (χ4v) is 2.75. The van der Waals surface area contributed by atoms with Crippen LogP contribution in [0.15, 0.2) is 0 Å². The minimum atomic E-state index is -0.129. The third-order valence-corrected chi connectivity index (χ3v) is 4.88. The molecule has 1 aliphatic rings. The topological polar surface area (TPSA) is 20.2 Å². The Morgan fingerprint density at radius 2 is 1.64 bits per heavy atom. The van der Waals surface area contributed by atoms with E-state index in [1.807, 2.05) is 0 Å². The van der Waals surface area contributed by atoms with Crippen LogP contribution in [0.4, 0.5) is 0 Å². The van der Waals surface area contributed by atoms with E-state index in [4.69, 9.17) is 0 Å². The van der Waals surface area contributed by atoms with Crippen LogP contribution in [0.5, 0.6) is 0 Å². The second-order valence-corrected chi connectivity index (χ2v) is 6.46. The minimum Gasteiger partial charge on any atom is -0.391 e.